The van der Waals surface area contributed by atoms with Gasteiger partial charge in [-0.3, -0.25) is 19.3 Å². The number of fused-ring (bicyclic) bond motifs is 4. The number of aliphatic hydroxyl groups is 1. The maximum atomic E-state index is 16.4. The molecule has 350 valence electrons. The lowest BCUT2D eigenvalue weighted by Gasteiger charge is -2.46. The Labute approximate surface area is 399 Å². The monoisotopic (exact) mass is 925 g/mol. The average molecular weight is 926 g/mol. The molecule has 3 amide bonds. The number of methoxy groups -OCH3 is 1. The van der Waals surface area contributed by atoms with Gasteiger partial charge in [0.05, 0.1) is 54.5 Å². The summed E-state index contributed by atoms with van der Waals surface area (Å²) in [6.45, 7) is -0.335. The number of imidazole rings is 1. The largest absolute Gasteiger partial charge is 0.491 e. The Kier molecular flexibility index (Phi) is 12.8. The Morgan fingerprint density at radius 2 is 1.61 bits per heavy atom. The lowest BCUT2D eigenvalue weighted by molar-refractivity contribution is -0.178. The van der Waals surface area contributed by atoms with E-state index in [1.165, 1.54) is 7.11 Å². The van der Waals surface area contributed by atoms with Gasteiger partial charge < -0.3 is 34.4 Å². The molecule has 1 spiro atoms. The van der Waals surface area contributed by atoms with Crippen LogP contribution in [0.2, 0.25) is 0 Å². The van der Waals surface area contributed by atoms with Gasteiger partial charge in [-0.1, -0.05) is 103 Å². The Hall–Kier alpha value is -7.57. The molecular formula is C55H51N5O9. The molecular weight excluding hydrogens is 875 g/mol. The number of allylic oxidation sites excluding steroid dienone is 2. The number of cyclic esters (lactones) is 1. The summed E-state index contributed by atoms with van der Waals surface area (Å²) in [5.74, 6) is 3.93. The molecule has 5 aromatic carbocycles. The number of morpholine rings is 1. The first-order valence-electron chi connectivity index (χ1n) is 23.3. The molecule has 1 aromatic heterocycles. The second-order valence-electron chi connectivity index (χ2n) is 17.5. The Morgan fingerprint density at radius 3 is 2.33 bits per heavy atom. The van der Waals surface area contributed by atoms with Gasteiger partial charge in [0.1, 0.15) is 42.3 Å². The van der Waals surface area contributed by atoms with Gasteiger partial charge >= 0.3 is 12.1 Å². The molecule has 0 saturated carbocycles. The third kappa shape index (κ3) is 8.32. The molecule has 0 radical (unpaired) electrons. The van der Waals surface area contributed by atoms with Crippen LogP contribution in [0.1, 0.15) is 77.5 Å². The summed E-state index contributed by atoms with van der Waals surface area (Å²) in [4.78, 5) is 73.2. The molecule has 4 heterocycles. The van der Waals surface area contributed by atoms with E-state index in [2.05, 4.69) is 28.2 Å². The van der Waals surface area contributed by atoms with Crippen molar-refractivity contribution in [1.29, 1.82) is 0 Å². The number of carbonyl (C=O) groups is 4. The number of esters is 1. The molecule has 1 aliphatic carbocycles. The van der Waals surface area contributed by atoms with Crippen LogP contribution in [0, 0.1) is 17.8 Å². The third-order valence-corrected chi connectivity index (χ3v) is 13.5. The molecule has 14 nitrogen and oxygen atoms in total. The summed E-state index contributed by atoms with van der Waals surface area (Å²) in [6, 6.07) is 35.4. The molecule has 6 atom stereocenters. The predicted molar refractivity (Wildman–Crippen MR) is 256 cm³/mol. The Bertz CT molecular complexity index is 2950. The molecule has 3 N–H and O–H groups in total. The van der Waals surface area contributed by atoms with E-state index >= 15 is 14.4 Å². The number of benzene rings is 5. The number of nitrogens with zero attached hydrogens (tertiary/aromatic N) is 3. The molecule has 0 bridgehead atoms. The molecule has 69 heavy (non-hydrogen) atoms. The minimum atomic E-state index is -2.02. The van der Waals surface area contributed by atoms with Gasteiger partial charge in [-0.05, 0) is 96.0 Å². The standard InChI is InChI=1S/C55H51N5O9/c1-66-31-32-68-54(65)59-44-28-23-36(22-21-35-13-5-2-6-14-35)33-41(44)55(53(59)64)46(51(62)56-34-45-57-42-19-11-12-20-43(42)58-45)48-52(63)69-49(38-17-9-4-10-18-38)47(37-15-7-3-8-16-37)60(48)50(55)39-24-26-40(27-25-39)67-30-29-61/h3-4,7-13,15-20,23-28,33,46-50,61H,2,5-6,14,29-32,34H2,1H3,(H,56,62)(H,57,58)/t46-,47-,48-,49+,50+,55-/m0/s1. The summed E-state index contributed by atoms with van der Waals surface area (Å²) >= 11 is 0. The van der Waals surface area contributed by atoms with Crippen molar-refractivity contribution in [1.82, 2.24) is 20.2 Å². The Morgan fingerprint density at radius 1 is 0.855 bits per heavy atom. The van der Waals surface area contributed by atoms with Gasteiger partial charge in [0.15, 0.2) is 0 Å². The van der Waals surface area contributed by atoms with E-state index in [1.807, 2.05) is 89.8 Å². The van der Waals surface area contributed by atoms with Gasteiger partial charge in [0.2, 0.25) is 11.8 Å². The zero-order valence-corrected chi connectivity index (χ0v) is 38.0. The number of aliphatic hydroxyl groups excluding tert-OH is 1. The number of H-pyrrole nitrogens is 1. The van der Waals surface area contributed by atoms with E-state index in [0.717, 1.165) is 47.2 Å². The molecule has 6 aromatic rings. The number of carbonyl (C=O) groups excluding carboxylic acids is 4. The quantitative estimate of drug-likeness (QED) is 0.0629. The Balaban J connectivity index is 1.24. The fraction of sp³-hybridized carbons (Fsp3) is 0.291. The molecule has 2 fully saturated rings. The highest BCUT2D eigenvalue weighted by atomic mass is 16.6. The number of aromatic nitrogens is 2. The number of nitrogens with one attached hydrogen (secondary N) is 2. The van der Waals surface area contributed by atoms with E-state index in [1.54, 1.807) is 42.5 Å². The van der Waals surface area contributed by atoms with Crippen LogP contribution >= 0.6 is 0 Å². The van der Waals surface area contributed by atoms with Crippen molar-refractivity contribution < 1.29 is 43.2 Å². The highest BCUT2D eigenvalue weighted by molar-refractivity contribution is 6.23. The van der Waals surface area contributed by atoms with Crippen molar-refractivity contribution in [3.8, 4) is 17.6 Å². The van der Waals surface area contributed by atoms with Gasteiger partial charge in [0, 0.05) is 12.7 Å². The van der Waals surface area contributed by atoms with Crippen LogP contribution < -0.4 is 15.0 Å². The van der Waals surface area contributed by atoms with Crippen LogP contribution in [0.4, 0.5) is 10.5 Å². The highest BCUT2D eigenvalue weighted by Crippen LogP contribution is 2.66. The van der Waals surface area contributed by atoms with Crippen LogP contribution in [-0.4, -0.2) is 83.4 Å². The molecule has 2 saturated heterocycles. The summed E-state index contributed by atoms with van der Waals surface area (Å²) in [5.41, 5.74) is 3.52. The van der Waals surface area contributed by atoms with Gasteiger partial charge in [0.25, 0.3) is 0 Å². The first-order chi connectivity index (χ1) is 33.8. The van der Waals surface area contributed by atoms with Crippen LogP contribution in [0.3, 0.4) is 0 Å². The zero-order valence-electron chi connectivity index (χ0n) is 38.0. The van der Waals surface area contributed by atoms with Crippen molar-refractivity contribution in [2.24, 2.45) is 5.92 Å². The summed E-state index contributed by atoms with van der Waals surface area (Å²) in [5, 5.41) is 12.7. The van der Waals surface area contributed by atoms with Crippen LogP contribution in [-0.2, 0) is 40.6 Å². The van der Waals surface area contributed by atoms with Crippen LogP contribution in [0.15, 0.2) is 139 Å². The van der Waals surface area contributed by atoms with E-state index < -0.39 is 59.4 Å². The molecule has 10 rings (SSSR count). The van der Waals surface area contributed by atoms with Crippen molar-refractivity contribution in [2.75, 3.05) is 38.4 Å². The lowest BCUT2D eigenvalue weighted by atomic mass is 9.65. The van der Waals surface area contributed by atoms with Gasteiger partial charge in [-0.15, -0.1) is 0 Å². The SMILES string of the molecule is COCCOC(=O)N1C(=O)[C@@]2(c3cc(C#CC4=CCCCC4)ccc31)[C@H](C(=O)NCc1nc3ccccc3[nH]1)[C@H]1C(=O)O[C@H](c3ccccc3)[C@H](c3ccccc3)N1[C@@H]2c1ccc(OCCO)cc1. The minimum absolute atomic E-state index is 0.0434. The van der Waals surface area contributed by atoms with E-state index in [-0.39, 0.29) is 38.7 Å². The van der Waals surface area contributed by atoms with Crippen molar-refractivity contribution >= 4 is 40.6 Å². The molecule has 3 aliphatic heterocycles. The number of hydrogen-bond donors (Lipinski definition) is 3. The fourth-order valence-corrected chi connectivity index (χ4v) is 10.6. The molecule has 0 unspecified atom stereocenters. The van der Waals surface area contributed by atoms with Crippen molar-refractivity contribution in [3.63, 3.8) is 0 Å². The van der Waals surface area contributed by atoms with Crippen molar-refractivity contribution in [3.05, 3.63) is 173 Å². The third-order valence-electron chi connectivity index (χ3n) is 13.5. The van der Waals surface area contributed by atoms with Crippen molar-refractivity contribution in [2.45, 2.75) is 61.9 Å². The minimum Gasteiger partial charge on any atom is -0.491 e. The van der Waals surface area contributed by atoms with Crippen LogP contribution in [0.5, 0.6) is 5.75 Å². The number of anilines is 1. The highest BCUT2D eigenvalue weighted by Gasteiger charge is 2.75. The summed E-state index contributed by atoms with van der Waals surface area (Å²) in [6.07, 6.45) is 4.16. The normalized spacial score (nSPS) is 22.8. The average Bonchev–Trinajstić information content (AvgIpc) is 4.03. The molecule has 4 aliphatic rings. The maximum Gasteiger partial charge on any atom is 0.421 e. The second-order valence-corrected chi connectivity index (χ2v) is 17.5. The zero-order chi connectivity index (χ0) is 47.5. The van der Waals surface area contributed by atoms with Gasteiger partial charge in [-0.25, -0.2) is 14.7 Å². The van der Waals surface area contributed by atoms with E-state index in [0.29, 0.717) is 39.3 Å². The topological polar surface area (TPSA) is 173 Å². The smallest absolute Gasteiger partial charge is 0.421 e. The number of aromatic amines is 1. The first-order valence-corrected chi connectivity index (χ1v) is 23.3. The number of rotatable bonds is 12. The second kappa shape index (κ2) is 19.6. The van der Waals surface area contributed by atoms with E-state index in [4.69, 9.17) is 23.9 Å². The maximum absolute atomic E-state index is 16.4. The number of ether oxygens (including phenoxy) is 4. The number of imide groups is 1. The first kappa shape index (κ1) is 45.2. The van der Waals surface area contributed by atoms with Crippen LogP contribution in [0.25, 0.3) is 11.0 Å². The van der Waals surface area contributed by atoms with Gasteiger partial charge in [-0.2, -0.15) is 0 Å². The number of amides is 3. The fourth-order valence-electron chi connectivity index (χ4n) is 10.6. The van der Waals surface area contributed by atoms with E-state index in [9.17, 15) is 9.90 Å². The summed E-state index contributed by atoms with van der Waals surface area (Å²) < 4.78 is 23.4. The summed E-state index contributed by atoms with van der Waals surface area (Å²) in [7, 11) is 1.48. The lowest BCUT2D eigenvalue weighted by Crippen LogP contribution is -2.55. The number of para-hydroxylation sites is 2. The predicted octanol–water partition coefficient (Wildman–Crippen LogP) is 7.55. The molecule has 14 heteroatoms. The number of hydrogen-bond acceptors (Lipinski definition) is 11.